The fourth-order valence-electron chi connectivity index (χ4n) is 1.58. The van der Waals surface area contributed by atoms with Gasteiger partial charge in [0.15, 0.2) is 5.78 Å². The molecular formula is C13H13BrN2O. The molecule has 2 aromatic rings. The molecular weight excluding hydrogens is 280 g/mol. The summed E-state index contributed by atoms with van der Waals surface area (Å²) in [6.45, 7) is 2.08. The molecule has 1 N–H and O–H groups in total. The highest BCUT2D eigenvalue weighted by atomic mass is 79.9. The van der Waals surface area contributed by atoms with Crippen molar-refractivity contribution in [2.45, 2.75) is 13.3 Å². The van der Waals surface area contributed by atoms with Crippen LogP contribution in [0.4, 0.5) is 0 Å². The highest BCUT2D eigenvalue weighted by Crippen LogP contribution is 2.17. The van der Waals surface area contributed by atoms with Crippen molar-refractivity contribution in [3.8, 4) is 11.4 Å². The molecule has 0 aliphatic rings. The van der Waals surface area contributed by atoms with Crippen LogP contribution in [0.1, 0.15) is 23.0 Å². The third-order valence-electron chi connectivity index (χ3n) is 2.61. The fraction of sp³-hybridized carbons (Fsp3) is 0.231. The largest absolute Gasteiger partial charge is 0.342 e. The summed E-state index contributed by atoms with van der Waals surface area (Å²) in [6, 6.07) is 7.47. The molecule has 1 heterocycles. The van der Waals surface area contributed by atoms with E-state index in [9.17, 15) is 4.79 Å². The molecule has 0 saturated carbocycles. The lowest BCUT2D eigenvalue weighted by molar-refractivity contribution is 0.102. The minimum Gasteiger partial charge on any atom is -0.342 e. The summed E-state index contributed by atoms with van der Waals surface area (Å²) >= 11 is 3.16. The first-order valence-corrected chi connectivity index (χ1v) is 6.60. The Morgan fingerprint density at radius 3 is 2.59 bits per heavy atom. The first-order valence-electron chi connectivity index (χ1n) is 5.48. The zero-order chi connectivity index (χ0) is 12.3. The summed E-state index contributed by atoms with van der Waals surface area (Å²) in [5.41, 5.74) is 2.82. The first-order chi connectivity index (χ1) is 8.24. The summed E-state index contributed by atoms with van der Waals surface area (Å²) in [5.74, 6) is 0.935. The number of halogens is 1. The molecule has 1 aromatic heterocycles. The molecule has 4 heteroatoms. The van der Waals surface area contributed by atoms with E-state index >= 15 is 0 Å². The number of nitrogens with one attached hydrogen (secondary N) is 1. The Bertz CT molecular complexity index is 516. The van der Waals surface area contributed by atoms with Crippen LogP contribution in [0.15, 0.2) is 30.5 Å². The van der Waals surface area contributed by atoms with Gasteiger partial charge >= 0.3 is 0 Å². The average Bonchev–Trinajstić information content (AvgIpc) is 2.87. The number of H-pyrrole nitrogens is 1. The number of carbonyl (C=O) groups excluding carboxylic acids is 1. The molecule has 0 fully saturated rings. The smallest absolute Gasteiger partial charge is 0.173 e. The van der Waals surface area contributed by atoms with Crippen LogP contribution in [0.5, 0.6) is 0 Å². The molecule has 0 amide bonds. The van der Waals surface area contributed by atoms with Gasteiger partial charge in [-0.1, -0.05) is 47.1 Å². The third-order valence-corrected chi connectivity index (χ3v) is 3.12. The molecule has 0 bridgehead atoms. The summed E-state index contributed by atoms with van der Waals surface area (Å²) in [4.78, 5) is 19.0. The van der Waals surface area contributed by atoms with Gasteiger partial charge < -0.3 is 4.98 Å². The van der Waals surface area contributed by atoms with Crippen molar-refractivity contribution < 1.29 is 4.79 Å². The van der Waals surface area contributed by atoms with E-state index in [4.69, 9.17) is 0 Å². The Hall–Kier alpha value is -1.42. The Labute approximate surface area is 108 Å². The van der Waals surface area contributed by atoms with Crippen LogP contribution in [-0.4, -0.2) is 21.1 Å². The van der Waals surface area contributed by atoms with Gasteiger partial charge in [-0.05, 0) is 6.42 Å². The minimum atomic E-state index is 0.0882. The molecule has 0 spiro atoms. The summed E-state index contributed by atoms with van der Waals surface area (Å²) in [6.07, 6.45) is 2.78. The Balaban J connectivity index is 2.25. The van der Waals surface area contributed by atoms with Gasteiger partial charge in [0.25, 0.3) is 0 Å². The highest BCUT2D eigenvalue weighted by Gasteiger charge is 2.06. The second-order valence-corrected chi connectivity index (χ2v) is 4.31. The molecule has 1 aromatic carbocycles. The van der Waals surface area contributed by atoms with Crippen LogP contribution >= 0.6 is 15.9 Å². The van der Waals surface area contributed by atoms with Crippen LogP contribution in [0.25, 0.3) is 11.4 Å². The van der Waals surface area contributed by atoms with Gasteiger partial charge in [0.05, 0.1) is 5.33 Å². The van der Waals surface area contributed by atoms with Crippen LogP contribution < -0.4 is 0 Å². The third kappa shape index (κ3) is 2.64. The molecule has 88 valence electrons. The van der Waals surface area contributed by atoms with Crippen molar-refractivity contribution in [3.63, 3.8) is 0 Å². The Morgan fingerprint density at radius 1 is 1.35 bits per heavy atom. The van der Waals surface area contributed by atoms with Gasteiger partial charge in [-0.15, -0.1) is 0 Å². The number of rotatable bonds is 4. The lowest BCUT2D eigenvalue weighted by Gasteiger charge is -1.99. The number of alkyl halides is 1. The van der Waals surface area contributed by atoms with E-state index in [0.29, 0.717) is 10.9 Å². The number of Topliss-reactive ketones (excluding diaryl/α,β-unsaturated/α-hetero) is 1. The summed E-state index contributed by atoms with van der Waals surface area (Å²) in [7, 11) is 0. The first kappa shape index (κ1) is 12.0. The van der Waals surface area contributed by atoms with Crippen molar-refractivity contribution in [1.82, 2.24) is 9.97 Å². The quantitative estimate of drug-likeness (QED) is 0.695. The molecule has 0 aliphatic heterocycles. The molecule has 0 unspecified atom stereocenters. The number of aromatic amines is 1. The Morgan fingerprint density at radius 2 is 2.06 bits per heavy atom. The van der Waals surface area contributed by atoms with E-state index in [1.54, 1.807) is 0 Å². The summed E-state index contributed by atoms with van der Waals surface area (Å²) in [5, 5.41) is 0.354. The molecule has 0 aliphatic carbocycles. The number of carbonyl (C=O) groups is 1. The second kappa shape index (κ2) is 5.27. The van der Waals surface area contributed by atoms with Crippen LogP contribution in [-0.2, 0) is 6.42 Å². The van der Waals surface area contributed by atoms with Gasteiger partial charge in [0.1, 0.15) is 5.82 Å². The number of hydrogen-bond donors (Lipinski definition) is 1. The summed E-state index contributed by atoms with van der Waals surface area (Å²) < 4.78 is 0. The number of nitrogens with zero attached hydrogens (tertiary/aromatic N) is 1. The molecule has 0 saturated heterocycles. The standard InChI is InChI=1S/C13H13BrN2O/c1-2-11-8-15-13(16-11)10-5-3-9(4-6-10)12(17)7-14/h3-6,8H,2,7H2,1H3,(H,15,16). The number of hydrogen-bond acceptors (Lipinski definition) is 2. The van der Waals surface area contributed by atoms with Gasteiger partial charge in [0, 0.05) is 23.0 Å². The number of ketones is 1. The highest BCUT2D eigenvalue weighted by molar-refractivity contribution is 9.09. The van der Waals surface area contributed by atoms with Crippen molar-refractivity contribution >= 4 is 21.7 Å². The number of aromatic nitrogens is 2. The second-order valence-electron chi connectivity index (χ2n) is 3.74. The van der Waals surface area contributed by atoms with E-state index in [1.165, 1.54) is 0 Å². The fourth-order valence-corrected chi connectivity index (χ4v) is 1.90. The van der Waals surface area contributed by atoms with Gasteiger partial charge in [-0.3, -0.25) is 4.79 Å². The molecule has 0 radical (unpaired) electrons. The zero-order valence-electron chi connectivity index (χ0n) is 9.53. The van der Waals surface area contributed by atoms with Crippen molar-refractivity contribution in [2.75, 3.05) is 5.33 Å². The van der Waals surface area contributed by atoms with Crippen LogP contribution in [0.3, 0.4) is 0 Å². The van der Waals surface area contributed by atoms with E-state index in [-0.39, 0.29) is 5.78 Å². The maximum atomic E-state index is 11.4. The number of imidazole rings is 1. The maximum Gasteiger partial charge on any atom is 0.173 e. The minimum absolute atomic E-state index is 0.0882. The maximum absolute atomic E-state index is 11.4. The monoisotopic (exact) mass is 292 g/mol. The van der Waals surface area contributed by atoms with Gasteiger partial charge in [0.2, 0.25) is 0 Å². The molecule has 2 rings (SSSR count). The van der Waals surface area contributed by atoms with Gasteiger partial charge in [-0.2, -0.15) is 0 Å². The topological polar surface area (TPSA) is 45.8 Å². The predicted octanol–water partition coefficient (Wildman–Crippen LogP) is 3.22. The van der Waals surface area contributed by atoms with Gasteiger partial charge in [-0.25, -0.2) is 4.98 Å². The Kier molecular flexibility index (Phi) is 3.74. The lowest BCUT2D eigenvalue weighted by atomic mass is 10.1. The van der Waals surface area contributed by atoms with Crippen LogP contribution in [0.2, 0.25) is 0 Å². The van der Waals surface area contributed by atoms with Crippen molar-refractivity contribution in [3.05, 3.63) is 41.7 Å². The predicted molar refractivity (Wildman–Crippen MR) is 71.5 cm³/mol. The number of aryl methyl sites for hydroxylation is 1. The lowest BCUT2D eigenvalue weighted by Crippen LogP contribution is -1.99. The number of benzene rings is 1. The molecule has 0 atom stereocenters. The molecule has 3 nitrogen and oxygen atoms in total. The normalized spacial score (nSPS) is 10.5. The SMILES string of the molecule is CCc1cnc(-c2ccc(C(=O)CBr)cc2)[nH]1. The van der Waals surface area contributed by atoms with Crippen molar-refractivity contribution in [2.24, 2.45) is 0 Å². The van der Waals surface area contributed by atoms with Crippen LogP contribution in [0, 0.1) is 0 Å². The van der Waals surface area contributed by atoms with E-state index in [2.05, 4.69) is 32.8 Å². The van der Waals surface area contributed by atoms with E-state index in [1.807, 2.05) is 30.5 Å². The average molecular weight is 293 g/mol. The zero-order valence-corrected chi connectivity index (χ0v) is 11.1. The molecule has 17 heavy (non-hydrogen) atoms. The van der Waals surface area contributed by atoms with E-state index in [0.717, 1.165) is 23.5 Å². The van der Waals surface area contributed by atoms with E-state index < -0.39 is 0 Å². The van der Waals surface area contributed by atoms with Crippen molar-refractivity contribution in [1.29, 1.82) is 0 Å².